The monoisotopic (exact) mass is 450 g/mol. The summed E-state index contributed by atoms with van der Waals surface area (Å²) in [4.78, 5) is 37.4. The fraction of sp³-hybridized carbons (Fsp3) is 0.708. The minimum Gasteiger partial charge on any atom is -0.461 e. The fourth-order valence-corrected chi connectivity index (χ4v) is 6.40. The summed E-state index contributed by atoms with van der Waals surface area (Å²) in [7, 11) is 0. The van der Waals surface area contributed by atoms with Crippen LogP contribution in [0.2, 0.25) is 0 Å². The van der Waals surface area contributed by atoms with E-state index in [2.05, 4.69) is 6.58 Å². The third-order valence-corrected chi connectivity index (χ3v) is 7.94. The largest absolute Gasteiger partial charge is 0.461 e. The Hall–Kier alpha value is -2.03. The average Bonchev–Trinajstić information content (AvgIpc) is 2.90. The molecule has 0 heterocycles. The van der Waals surface area contributed by atoms with Gasteiger partial charge in [0.15, 0.2) is 5.78 Å². The van der Waals surface area contributed by atoms with Crippen LogP contribution in [0.5, 0.6) is 0 Å². The predicted molar refractivity (Wildman–Crippen MR) is 114 cm³/mol. The van der Waals surface area contributed by atoms with Crippen molar-refractivity contribution in [2.24, 2.45) is 16.7 Å². The number of hydrogen-bond acceptors (Lipinski definition) is 8. The molecule has 2 fully saturated rings. The first-order valence-electron chi connectivity index (χ1n) is 11.0. The van der Waals surface area contributed by atoms with E-state index in [1.165, 1.54) is 27.7 Å². The zero-order valence-electron chi connectivity index (χ0n) is 19.6. The van der Waals surface area contributed by atoms with E-state index in [9.17, 15) is 29.7 Å². The number of ether oxygens (including phenoxy) is 2. The van der Waals surface area contributed by atoms with E-state index in [0.29, 0.717) is 18.4 Å². The molecule has 7 atom stereocenters. The normalized spacial score (nSPS) is 39.8. The molecule has 0 aliphatic heterocycles. The zero-order chi connectivity index (χ0) is 24.4. The Balaban J connectivity index is 2.44. The van der Waals surface area contributed by atoms with Crippen molar-refractivity contribution >= 4 is 17.7 Å². The molecular formula is C24H34O8. The summed E-state index contributed by atoms with van der Waals surface area (Å²) in [5.74, 6) is -2.35. The molecule has 178 valence electrons. The molecule has 3 aliphatic carbocycles. The van der Waals surface area contributed by atoms with E-state index in [4.69, 9.17) is 9.47 Å². The molecule has 7 unspecified atom stereocenters. The van der Waals surface area contributed by atoms with E-state index >= 15 is 0 Å². The lowest BCUT2D eigenvalue weighted by molar-refractivity contribution is -0.187. The molecule has 0 bridgehead atoms. The summed E-state index contributed by atoms with van der Waals surface area (Å²) in [5, 5.41) is 33.8. The van der Waals surface area contributed by atoms with Gasteiger partial charge in [0, 0.05) is 31.6 Å². The van der Waals surface area contributed by atoms with Gasteiger partial charge in [-0.25, -0.2) is 0 Å². The highest BCUT2D eigenvalue weighted by Gasteiger charge is 2.70. The zero-order valence-corrected chi connectivity index (χ0v) is 19.6. The first-order chi connectivity index (χ1) is 14.6. The minimum absolute atomic E-state index is 0.199. The van der Waals surface area contributed by atoms with Gasteiger partial charge in [-0.05, 0) is 50.3 Å². The maximum absolute atomic E-state index is 13.0. The second-order valence-electron chi connectivity index (χ2n) is 10.3. The van der Waals surface area contributed by atoms with Gasteiger partial charge in [0.2, 0.25) is 0 Å². The average molecular weight is 451 g/mol. The first-order valence-corrected chi connectivity index (χ1v) is 11.0. The lowest BCUT2D eigenvalue weighted by Gasteiger charge is -2.53. The maximum atomic E-state index is 13.0. The number of esters is 2. The molecule has 2 saturated carbocycles. The Morgan fingerprint density at radius 3 is 2.16 bits per heavy atom. The number of allylic oxidation sites excluding steroid dienone is 1. The van der Waals surface area contributed by atoms with Gasteiger partial charge < -0.3 is 24.8 Å². The number of hydrogen-bond donors (Lipinski definition) is 3. The number of ketones is 1. The highest BCUT2D eigenvalue weighted by Crippen LogP contribution is 2.64. The van der Waals surface area contributed by atoms with Crippen LogP contribution in [0, 0.1) is 16.7 Å². The van der Waals surface area contributed by atoms with Crippen molar-refractivity contribution in [3.63, 3.8) is 0 Å². The summed E-state index contributed by atoms with van der Waals surface area (Å²) in [6.07, 6.45) is -4.11. The van der Waals surface area contributed by atoms with Crippen LogP contribution < -0.4 is 0 Å². The number of aliphatic hydroxyl groups excluding tert-OH is 2. The third kappa shape index (κ3) is 3.35. The highest BCUT2D eigenvalue weighted by molar-refractivity contribution is 6.00. The Kier molecular flexibility index (Phi) is 5.98. The van der Waals surface area contributed by atoms with Crippen molar-refractivity contribution < 1.29 is 39.2 Å². The predicted octanol–water partition coefficient (Wildman–Crippen LogP) is 1.60. The first kappa shape index (κ1) is 24.6. The smallest absolute Gasteiger partial charge is 0.303 e. The van der Waals surface area contributed by atoms with Crippen LogP contribution >= 0.6 is 0 Å². The van der Waals surface area contributed by atoms with E-state index in [1.807, 2.05) is 0 Å². The molecule has 0 spiro atoms. The molecule has 0 aromatic carbocycles. The number of rotatable bonds is 3. The molecule has 3 aliphatic rings. The van der Waals surface area contributed by atoms with Crippen LogP contribution in [0.1, 0.15) is 60.8 Å². The van der Waals surface area contributed by atoms with E-state index in [1.54, 1.807) is 13.8 Å². The van der Waals surface area contributed by atoms with Crippen LogP contribution in [-0.2, 0) is 23.9 Å². The maximum Gasteiger partial charge on any atom is 0.303 e. The third-order valence-electron chi connectivity index (χ3n) is 7.94. The van der Waals surface area contributed by atoms with Gasteiger partial charge in [0.05, 0.1) is 17.1 Å². The lowest BCUT2D eigenvalue weighted by Crippen LogP contribution is -2.59. The van der Waals surface area contributed by atoms with E-state index in [0.717, 1.165) is 0 Å². The van der Waals surface area contributed by atoms with Crippen LogP contribution in [-0.4, -0.2) is 63.1 Å². The Morgan fingerprint density at radius 2 is 1.66 bits per heavy atom. The lowest BCUT2D eigenvalue weighted by atomic mass is 9.55. The van der Waals surface area contributed by atoms with Crippen molar-refractivity contribution in [2.45, 2.75) is 90.8 Å². The Bertz CT molecular complexity index is 896. The van der Waals surface area contributed by atoms with Crippen LogP contribution in [0.15, 0.2) is 23.3 Å². The molecule has 0 amide bonds. The summed E-state index contributed by atoms with van der Waals surface area (Å²) in [5.41, 5.74) is -3.28. The minimum atomic E-state index is -1.62. The Morgan fingerprint density at radius 1 is 1.12 bits per heavy atom. The molecule has 0 aromatic heterocycles. The molecule has 3 rings (SSSR count). The number of Topliss-reactive ketones (excluding diaryl/α,β-unsaturated/α-hetero) is 1. The fourth-order valence-electron chi connectivity index (χ4n) is 6.40. The molecular weight excluding hydrogens is 416 g/mol. The Labute approximate surface area is 188 Å². The van der Waals surface area contributed by atoms with Crippen LogP contribution in [0.4, 0.5) is 0 Å². The van der Waals surface area contributed by atoms with Crippen LogP contribution in [0.25, 0.3) is 0 Å². The summed E-state index contributed by atoms with van der Waals surface area (Å²) < 4.78 is 11.5. The second-order valence-corrected chi connectivity index (χ2v) is 10.3. The topological polar surface area (TPSA) is 130 Å². The molecule has 3 N–H and O–H groups in total. The number of fused-ring (bicyclic) bond motifs is 2. The second kappa shape index (κ2) is 7.78. The quantitative estimate of drug-likeness (QED) is 0.437. The van der Waals surface area contributed by atoms with Gasteiger partial charge in [0.25, 0.3) is 0 Å². The van der Waals surface area contributed by atoms with Gasteiger partial charge >= 0.3 is 11.9 Å². The standard InChI is InChI=1S/C24H34O8/c1-11-15(27)8-9-23(7)18(11)20(31-13(3)25)24(22(5,6)30)10-16(28)12(2)17(24)19(29)21(23)32-14(4)26/h15,18-21,27,29-30H,1,8-10H2,2-7H3. The van der Waals surface area contributed by atoms with Crippen molar-refractivity contribution in [1.29, 1.82) is 0 Å². The van der Waals surface area contributed by atoms with Crippen molar-refractivity contribution in [2.75, 3.05) is 0 Å². The molecule has 0 aromatic rings. The van der Waals surface area contributed by atoms with Gasteiger partial charge in [-0.1, -0.05) is 13.5 Å². The number of carbonyl (C=O) groups excluding carboxylic acids is 3. The SMILES string of the molecule is C=C1C(O)CCC2(C)C(OC(C)=O)C(O)C3=C(C)C(=O)CC3(C(C)(C)O)C(OC(C)=O)C12. The van der Waals surface area contributed by atoms with E-state index < -0.39 is 58.7 Å². The van der Waals surface area contributed by atoms with Crippen LogP contribution in [0.3, 0.4) is 0 Å². The molecule has 0 saturated heterocycles. The molecule has 8 nitrogen and oxygen atoms in total. The van der Waals surface area contributed by atoms with Gasteiger partial charge in [-0.15, -0.1) is 0 Å². The van der Waals surface area contributed by atoms with Crippen molar-refractivity contribution in [3.8, 4) is 0 Å². The molecule has 0 radical (unpaired) electrons. The van der Waals surface area contributed by atoms with Gasteiger partial charge in [0.1, 0.15) is 18.3 Å². The number of aliphatic hydroxyl groups is 3. The highest BCUT2D eigenvalue weighted by atomic mass is 16.6. The molecule has 32 heavy (non-hydrogen) atoms. The van der Waals surface area contributed by atoms with Gasteiger partial charge in [-0.3, -0.25) is 14.4 Å². The van der Waals surface area contributed by atoms with E-state index in [-0.39, 0.29) is 23.4 Å². The summed E-state index contributed by atoms with van der Waals surface area (Å²) in [6.45, 7) is 12.9. The summed E-state index contributed by atoms with van der Waals surface area (Å²) in [6, 6.07) is 0. The molecule has 8 heteroatoms. The summed E-state index contributed by atoms with van der Waals surface area (Å²) >= 11 is 0. The van der Waals surface area contributed by atoms with Crippen molar-refractivity contribution in [3.05, 3.63) is 23.3 Å². The van der Waals surface area contributed by atoms with Crippen molar-refractivity contribution in [1.82, 2.24) is 0 Å². The number of carbonyl (C=O) groups is 3. The van der Waals surface area contributed by atoms with Gasteiger partial charge in [-0.2, -0.15) is 0 Å².